The zero-order valence-corrected chi connectivity index (χ0v) is 16.0. The molecule has 1 aromatic heterocycles. The second-order valence-electron chi connectivity index (χ2n) is 5.97. The van der Waals surface area contributed by atoms with Crippen molar-refractivity contribution in [2.75, 3.05) is 19.0 Å². The summed E-state index contributed by atoms with van der Waals surface area (Å²) in [6.45, 7) is 2.12. The molecule has 1 atom stereocenters. The van der Waals surface area contributed by atoms with Crippen molar-refractivity contribution in [3.63, 3.8) is 0 Å². The van der Waals surface area contributed by atoms with E-state index in [1.807, 2.05) is 6.92 Å². The Morgan fingerprint density at radius 2 is 2.12 bits per heavy atom. The smallest absolute Gasteiger partial charge is 0.253 e. The lowest BCUT2D eigenvalue weighted by Gasteiger charge is -2.23. The van der Waals surface area contributed by atoms with Crippen LogP contribution in [0.1, 0.15) is 17.7 Å². The Bertz CT molecular complexity index is 927. The monoisotopic (exact) mass is 398 g/mol. The number of benzene rings is 1. The number of nitrogens with one attached hydrogen (secondary N) is 1. The van der Waals surface area contributed by atoms with Crippen LogP contribution < -0.4 is 10.1 Å². The summed E-state index contributed by atoms with van der Waals surface area (Å²) < 4.78 is 45.6. The van der Waals surface area contributed by atoms with Gasteiger partial charge in [-0.25, -0.2) is 12.8 Å². The van der Waals surface area contributed by atoms with Crippen LogP contribution in [-0.2, 0) is 14.8 Å². The zero-order valence-electron chi connectivity index (χ0n) is 14.4. The average molecular weight is 398 g/mol. The molecule has 0 aliphatic carbocycles. The summed E-state index contributed by atoms with van der Waals surface area (Å²) in [5.74, 6) is -0.762. The van der Waals surface area contributed by atoms with E-state index in [2.05, 4.69) is 5.32 Å². The molecule has 1 unspecified atom stereocenters. The predicted molar refractivity (Wildman–Crippen MR) is 97.6 cm³/mol. The number of hydrogen-bond donors (Lipinski definition) is 1. The normalized spacial score (nSPS) is 18.0. The molecule has 0 radical (unpaired) electrons. The largest absolute Gasteiger partial charge is 0.494 e. The average Bonchev–Trinajstić information content (AvgIpc) is 3.25. The summed E-state index contributed by atoms with van der Waals surface area (Å²) in [7, 11) is -2.36. The highest BCUT2D eigenvalue weighted by Crippen LogP contribution is 2.31. The molecule has 0 bridgehead atoms. The Morgan fingerprint density at radius 3 is 2.77 bits per heavy atom. The number of nitrogens with zero attached hydrogens (tertiary/aromatic N) is 1. The van der Waals surface area contributed by atoms with E-state index in [1.54, 1.807) is 12.1 Å². The molecular weight excluding hydrogens is 379 g/mol. The van der Waals surface area contributed by atoms with Crippen molar-refractivity contribution >= 4 is 33.0 Å². The molecule has 1 aromatic carbocycles. The van der Waals surface area contributed by atoms with Crippen LogP contribution in [0.3, 0.4) is 0 Å². The van der Waals surface area contributed by atoms with Crippen molar-refractivity contribution in [2.45, 2.75) is 30.0 Å². The van der Waals surface area contributed by atoms with Crippen LogP contribution in [0.15, 0.2) is 34.5 Å². The third-order valence-corrected chi connectivity index (χ3v) is 7.58. The maximum absolute atomic E-state index is 13.3. The van der Waals surface area contributed by atoms with Gasteiger partial charge in [-0.05, 0) is 44.0 Å². The number of anilines is 1. The third kappa shape index (κ3) is 3.60. The molecule has 1 aliphatic rings. The molecule has 140 valence electrons. The van der Waals surface area contributed by atoms with Crippen molar-refractivity contribution < 1.29 is 22.3 Å². The lowest BCUT2D eigenvalue weighted by Crippen LogP contribution is -2.42. The Kier molecular flexibility index (Phi) is 5.31. The van der Waals surface area contributed by atoms with Gasteiger partial charge in [0, 0.05) is 17.5 Å². The minimum Gasteiger partial charge on any atom is -0.494 e. The molecule has 0 saturated carbocycles. The lowest BCUT2D eigenvalue weighted by atomic mass is 10.2. The van der Waals surface area contributed by atoms with Gasteiger partial charge in [0.15, 0.2) is 0 Å². The number of methoxy groups -OCH3 is 1. The molecule has 1 aliphatic heterocycles. The van der Waals surface area contributed by atoms with Gasteiger partial charge in [0.05, 0.1) is 12.8 Å². The van der Waals surface area contributed by atoms with Crippen LogP contribution in [0, 0.1) is 12.7 Å². The molecule has 6 nitrogen and oxygen atoms in total. The van der Waals surface area contributed by atoms with Crippen molar-refractivity contribution in [3.05, 3.63) is 41.0 Å². The van der Waals surface area contributed by atoms with E-state index in [4.69, 9.17) is 4.74 Å². The predicted octanol–water partition coefficient (Wildman–Crippen LogP) is 3.00. The second kappa shape index (κ2) is 7.34. The Labute approximate surface area is 155 Å². The number of rotatable bonds is 5. The van der Waals surface area contributed by atoms with E-state index in [0.29, 0.717) is 18.5 Å². The molecule has 9 heteroatoms. The SMILES string of the molecule is COc1cc(F)ccc1NC(=O)C1CCCN1S(=O)(=O)c1ccc(C)s1. The highest BCUT2D eigenvalue weighted by molar-refractivity contribution is 7.91. The fraction of sp³-hybridized carbons (Fsp3) is 0.353. The second-order valence-corrected chi connectivity index (χ2v) is 9.38. The number of carbonyl (C=O) groups excluding carboxylic acids is 1. The van der Waals surface area contributed by atoms with Gasteiger partial charge in [0.1, 0.15) is 21.8 Å². The Balaban J connectivity index is 1.83. The van der Waals surface area contributed by atoms with Crippen LogP contribution in [0.25, 0.3) is 0 Å². The maximum atomic E-state index is 13.3. The first kappa shape index (κ1) is 18.8. The minimum atomic E-state index is -3.73. The number of hydrogen-bond acceptors (Lipinski definition) is 5. The van der Waals surface area contributed by atoms with Gasteiger partial charge in [-0.3, -0.25) is 4.79 Å². The number of thiophene rings is 1. The van der Waals surface area contributed by atoms with Crippen LogP contribution >= 0.6 is 11.3 Å². The summed E-state index contributed by atoms with van der Waals surface area (Å²) in [6.07, 6.45) is 1.03. The molecule has 1 fully saturated rings. The summed E-state index contributed by atoms with van der Waals surface area (Å²) in [4.78, 5) is 13.6. The summed E-state index contributed by atoms with van der Waals surface area (Å²) in [5.41, 5.74) is 0.301. The number of amides is 1. The van der Waals surface area contributed by atoms with Gasteiger partial charge >= 0.3 is 0 Å². The molecule has 0 spiro atoms. The fourth-order valence-electron chi connectivity index (χ4n) is 2.94. The molecule has 3 rings (SSSR count). The first-order chi connectivity index (χ1) is 12.3. The van der Waals surface area contributed by atoms with Gasteiger partial charge in [0.2, 0.25) is 5.91 Å². The summed E-state index contributed by atoms with van der Waals surface area (Å²) in [5, 5.41) is 2.66. The van der Waals surface area contributed by atoms with E-state index >= 15 is 0 Å². The lowest BCUT2D eigenvalue weighted by molar-refractivity contribution is -0.119. The molecule has 2 aromatic rings. The van der Waals surface area contributed by atoms with Gasteiger partial charge in [-0.2, -0.15) is 4.31 Å². The first-order valence-electron chi connectivity index (χ1n) is 8.05. The Morgan fingerprint density at radius 1 is 1.35 bits per heavy atom. The van der Waals surface area contributed by atoms with Gasteiger partial charge in [0.25, 0.3) is 10.0 Å². The van der Waals surface area contributed by atoms with Crippen LogP contribution in [0.4, 0.5) is 10.1 Å². The van der Waals surface area contributed by atoms with Crippen molar-refractivity contribution in [3.8, 4) is 5.75 Å². The summed E-state index contributed by atoms with van der Waals surface area (Å²) in [6, 6.07) is 6.25. The highest BCUT2D eigenvalue weighted by atomic mass is 32.2. The summed E-state index contributed by atoms with van der Waals surface area (Å²) >= 11 is 1.18. The van der Waals surface area contributed by atoms with Crippen molar-refractivity contribution in [1.29, 1.82) is 0 Å². The van der Waals surface area contributed by atoms with Crippen LogP contribution in [0.5, 0.6) is 5.75 Å². The number of carbonyl (C=O) groups is 1. The number of halogens is 1. The standard InChI is InChI=1S/C17H19FN2O4S2/c1-11-5-8-16(25-11)26(22,23)20-9-3-4-14(20)17(21)19-13-7-6-12(18)10-15(13)24-2/h5-8,10,14H,3-4,9H2,1-2H3,(H,19,21). The number of aryl methyl sites for hydroxylation is 1. The fourth-order valence-corrected chi connectivity index (χ4v) is 6.01. The quantitative estimate of drug-likeness (QED) is 0.840. The van der Waals surface area contributed by atoms with Crippen molar-refractivity contribution in [1.82, 2.24) is 4.31 Å². The van der Waals surface area contributed by atoms with Gasteiger partial charge in [-0.1, -0.05) is 0 Å². The van der Waals surface area contributed by atoms with E-state index in [9.17, 15) is 17.6 Å². The van der Waals surface area contributed by atoms with Crippen LogP contribution in [-0.4, -0.2) is 38.3 Å². The molecular formula is C17H19FN2O4S2. The number of sulfonamides is 1. The molecule has 2 heterocycles. The molecule has 1 amide bonds. The Hall–Kier alpha value is -1.97. The topological polar surface area (TPSA) is 75.7 Å². The van der Waals surface area contributed by atoms with E-state index < -0.39 is 27.8 Å². The van der Waals surface area contributed by atoms with E-state index in [0.717, 1.165) is 10.9 Å². The zero-order chi connectivity index (χ0) is 18.9. The van der Waals surface area contributed by atoms with Gasteiger partial charge < -0.3 is 10.1 Å². The first-order valence-corrected chi connectivity index (χ1v) is 10.3. The molecule has 1 saturated heterocycles. The van der Waals surface area contributed by atoms with E-state index in [-0.39, 0.29) is 16.5 Å². The third-order valence-electron chi connectivity index (χ3n) is 4.21. The highest BCUT2D eigenvalue weighted by Gasteiger charge is 2.40. The van der Waals surface area contributed by atoms with Gasteiger partial charge in [-0.15, -0.1) is 11.3 Å². The molecule has 26 heavy (non-hydrogen) atoms. The molecule has 1 N–H and O–H groups in total. The number of ether oxygens (including phenoxy) is 1. The van der Waals surface area contributed by atoms with E-state index in [1.165, 1.54) is 34.9 Å². The van der Waals surface area contributed by atoms with Crippen molar-refractivity contribution in [2.24, 2.45) is 0 Å². The maximum Gasteiger partial charge on any atom is 0.253 e. The van der Waals surface area contributed by atoms with Crippen LogP contribution in [0.2, 0.25) is 0 Å². The minimum absolute atomic E-state index is 0.180.